The van der Waals surface area contributed by atoms with Crippen LogP contribution in [0.3, 0.4) is 0 Å². The molecule has 1 saturated heterocycles. The Labute approximate surface area is 538 Å². The van der Waals surface area contributed by atoms with E-state index in [1.54, 1.807) is 62.3 Å². The molecule has 1 fully saturated rings. The molecule has 0 saturated carbocycles. The highest BCUT2D eigenvalue weighted by Crippen LogP contribution is 2.25. The number of aliphatic carboxylic acids is 4. The summed E-state index contributed by atoms with van der Waals surface area (Å²) in [7, 11) is -4.28. The van der Waals surface area contributed by atoms with Gasteiger partial charge in [-0.3, -0.25) is 62.1 Å². The molecule has 0 aromatic rings. The maximum atomic E-state index is 12.8. The molecule has 0 radical (unpaired) electrons. The first-order chi connectivity index (χ1) is 43.1. The van der Waals surface area contributed by atoms with Crippen molar-refractivity contribution in [1.29, 1.82) is 0 Å². The normalized spacial score (nSPS) is 17.2. The van der Waals surface area contributed by atoms with Crippen molar-refractivity contribution in [3.63, 3.8) is 0 Å². The van der Waals surface area contributed by atoms with Gasteiger partial charge < -0.3 is 107 Å². The molecular formula is C55H96N8O29S. The van der Waals surface area contributed by atoms with Crippen molar-refractivity contribution in [3.8, 4) is 0 Å². The van der Waals surface area contributed by atoms with Crippen LogP contribution in [0.25, 0.3) is 0 Å². The number of amides is 8. The van der Waals surface area contributed by atoms with E-state index in [0.29, 0.717) is 19.3 Å². The van der Waals surface area contributed by atoms with Gasteiger partial charge in [0, 0.05) is 42.4 Å². The molecule has 0 bridgehead atoms. The van der Waals surface area contributed by atoms with Crippen LogP contribution in [0.15, 0.2) is 0 Å². The molecule has 38 heteroatoms. The summed E-state index contributed by atoms with van der Waals surface area (Å²) < 4.78 is 55.6. The Balaban J connectivity index is 0. The van der Waals surface area contributed by atoms with E-state index in [1.807, 2.05) is 0 Å². The van der Waals surface area contributed by atoms with Gasteiger partial charge in [0.25, 0.3) is 10.1 Å². The minimum Gasteiger partial charge on any atom is -0.481 e. The molecule has 536 valence electrons. The molecular weight excluding hydrogens is 1270 g/mol. The number of carboxylic acids is 4. The number of carbonyl (C=O) groups excluding carboxylic acids is 9. The van der Waals surface area contributed by atoms with Crippen molar-refractivity contribution < 1.29 is 140 Å². The first kappa shape index (κ1) is 87.8. The summed E-state index contributed by atoms with van der Waals surface area (Å²) in [6.45, 7) is 13.9. The van der Waals surface area contributed by atoms with Crippen LogP contribution in [0, 0.1) is 16.2 Å². The fourth-order valence-electron chi connectivity index (χ4n) is 6.57. The second-order valence-corrected chi connectivity index (χ2v) is 24.1. The Morgan fingerprint density at radius 2 is 0.817 bits per heavy atom. The van der Waals surface area contributed by atoms with Crippen molar-refractivity contribution in [2.45, 2.75) is 169 Å². The number of hydrogen-bond donors (Lipinski definition) is 17. The Hall–Kier alpha value is -7.30. The molecule has 37 nitrogen and oxygen atoms in total. The van der Waals surface area contributed by atoms with Gasteiger partial charge in [0.1, 0.15) is 49.1 Å². The zero-order valence-corrected chi connectivity index (χ0v) is 54.6. The van der Waals surface area contributed by atoms with E-state index in [9.17, 15) is 91.2 Å². The largest absolute Gasteiger partial charge is 0.481 e. The summed E-state index contributed by atoms with van der Waals surface area (Å²) in [6.07, 6.45) is -8.82. The van der Waals surface area contributed by atoms with Crippen LogP contribution in [0.2, 0.25) is 0 Å². The third-order valence-electron chi connectivity index (χ3n) is 13.7. The number of carboxylic acid groups (broad SMARTS) is 4. The molecule has 0 spiro atoms. The minimum atomic E-state index is -4.28. The lowest BCUT2D eigenvalue weighted by Crippen LogP contribution is -2.60. The number of aliphatic hydroxyl groups excluding tert-OH is 4. The Morgan fingerprint density at radius 3 is 1.14 bits per heavy atom. The van der Waals surface area contributed by atoms with Gasteiger partial charge in [-0.2, -0.15) is 8.42 Å². The zero-order chi connectivity index (χ0) is 71.9. The average molecular weight is 1370 g/mol. The molecule has 8 amide bonds. The van der Waals surface area contributed by atoms with Crippen LogP contribution >= 0.6 is 0 Å². The predicted octanol–water partition coefficient (Wildman–Crippen LogP) is -4.74. The van der Waals surface area contributed by atoms with Crippen molar-refractivity contribution in [2.75, 3.05) is 84.7 Å². The standard InChI is InChI=1S/C21H36N2O12.C17H31N3O9S.C17H29N3O8/c1-4-21(2,3)20(32)23-11(9-13(25)22-6-8-33-7-5-14(26)27)18(31)35-19-17(30)16(29)15(28)12(10-24)34-19;1-4-17(2,3)16(25)20-12(15(24)19-7-10-30(26,27)28)11-13(21)18-6-9-29-8-5-14(22)23;1-4-17(2,3)16(27)20-11(15(26)19-10-14(24)25)9-12(21)18-6-8-28-7-5-13(22)23/h11-12,15-17,19,24,28-30H,4-10H2,1-3H3,(H,22,25)(H,23,32)(H,26,27);12H,4-11H2,1-3H3,(H,18,21)(H,19,24)(H,20,25)(H,22,23)(H,26,27,28);11H,4-10H2,1-3H3,(H,18,21)(H,19,26)(H,20,27)(H,22,23)(H,24,25)/t11?,12?,15-,16-,17?,19-;;/m0../s1. The summed E-state index contributed by atoms with van der Waals surface area (Å²) in [5.74, 6) is -10.9. The lowest BCUT2D eigenvalue weighted by Gasteiger charge is -2.39. The zero-order valence-electron chi connectivity index (χ0n) is 53.8. The van der Waals surface area contributed by atoms with Gasteiger partial charge >= 0.3 is 29.8 Å². The van der Waals surface area contributed by atoms with Crippen molar-refractivity contribution in [3.05, 3.63) is 0 Å². The maximum Gasteiger partial charge on any atom is 0.331 e. The van der Waals surface area contributed by atoms with E-state index in [-0.39, 0.29) is 91.5 Å². The molecule has 1 rings (SSSR count). The highest BCUT2D eigenvalue weighted by Gasteiger charge is 2.46. The SMILES string of the molecule is CCC(C)(C)C(=O)NC(CC(=O)NCCOCCC(=O)O)C(=O)NCC(=O)O.CCC(C)(C)C(=O)NC(CC(=O)NCCOCCC(=O)O)C(=O)NCCS(=O)(=O)O.CCC(C)(C)C(=O)NC(CC(=O)NCCOCCC(=O)O)C(=O)O[C@@H]1OC(CO)[C@H](O)[C@H](O)C1O. The molecule has 1 aliphatic heterocycles. The summed E-state index contributed by atoms with van der Waals surface area (Å²) in [5, 5.41) is 92.5. The second-order valence-electron chi connectivity index (χ2n) is 22.5. The fraction of sp³-hybridized carbons (Fsp3) is 0.764. The van der Waals surface area contributed by atoms with Crippen LogP contribution in [-0.4, -0.2) is 264 Å². The van der Waals surface area contributed by atoms with Gasteiger partial charge in [0.2, 0.25) is 53.5 Å². The van der Waals surface area contributed by atoms with Crippen LogP contribution in [0.5, 0.6) is 0 Å². The fourth-order valence-corrected chi connectivity index (χ4v) is 6.93. The number of carbonyl (C=O) groups is 13. The number of nitrogens with one attached hydrogen (secondary N) is 8. The Morgan fingerprint density at radius 1 is 0.473 bits per heavy atom. The first-order valence-corrected chi connectivity index (χ1v) is 31.1. The van der Waals surface area contributed by atoms with E-state index in [0.717, 1.165) is 0 Å². The third-order valence-corrected chi connectivity index (χ3v) is 14.5. The Kier molecular flexibility index (Phi) is 42.6. The van der Waals surface area contributed by atoms with Crippen molar-refractivity contribution in [2.24, 2.45) is 16.2 Å². The average Bonchev–Trinajstić information content (AvgIpc) is 0.857. The molecule has 17 N–H and O–H groups in total. The molecule has 8 atom stereocenters. The molecule has 1 heterocycles. The van der Waals surface area contributed by atoms with E-state index in [4.69, 9.17) is 48.7 Å². The summed E-state index contributed by atoms with van der Waals surface area (Å²) in [4.78, 5) is 153. The highest BCUT2D eigenvalue weighted by molar-refractivity contribution is 7.85. The predicted molar refractivity (Wildman–Crippen MR) is 320 cm³/mol. The van der Waals surface area contributed by atoms with E-state index in [2.05, 4.69) is 42.5 Å². The summed E-state index contributed by atoms with van der Waals surface area (Å²) >= 11 is 0. The van der Waals surface area contributed by atoms with Gasteiger partial charge in [0.15, 0.2) is 0 Å². The highest BCUT2D eigenvalue weighted by atomic mass is 32.2. The third kappa shape index (κ3) is 39.8. The molecule has 1 aliphatic rings. The number of rotatable bonds is 43. The molecule has 93 heavy (non-hydrogen) atoms. The van der Waals surface area contributed by atoms with E-state index in [1.165, 1.54) is 0 Å². The lowest BCUT2D eigenvalue weighted by atomic mass is 9.89. The van der Waals surface area contributed by atoms with Crippen LogP contribution < -0.4 is 42.5 Å². The quantitative estimate of drug-likeness (QED) is 0.0155. The monoisotopic (exact) mass is 1360 g/mol. The Bertz CT molecular complexity index is 2550. The molecule has 0 aromatic carbocycles. The van der Waals surface area contributed by atoms with Gasteiger partial charge in [-0.15, -0.1) is 0 Å². The smallest absolute Gasteiger partial charge is 0.331 e. The maximum absolute atomic E-state index is 12.8. The molecule has 5 unspecified atom stereocenters. The summed E-state index contributed by atoms with van der Waals surface area (Å²) in [5.41, 5.74) is -2.43. The van der Waals surface area contributed by atoms with Gasteiger partial charge in [-0.1, -0.05) is 62.3 Å². The topological polar surface area (TPSA) is 581 Å². The number of esters is 1. The first-order valence-electron chi connectivity index (χ1n) is 29.5. The minimum absolute atomic E-state index is 0.00752. The number of aliphatic hydroxyl groups is 4. The van der Waals surface area contributed by atoms with Crippen LogP contribution in [-0.2, 0) is 96.1 Å². The second kappa shape index (κ2) is 45.1. The van der Waals surface area contributed by atoms with Gasteiger partial charge in [0.05, 0.1) is 90.5 Å². The molecule has 0 aromatic heterocycles. The van der Waals surface area contributed by atoms with E-state index >= 15 is 0 Å². The van der Waals surface area contributed by atoms with Gasteiger partial charge in [-0.05, 0) is 19.3 Å². The van der Waals surface area contributed by atoms with Crippen LogP contribution in [0.1, 0.15) is 120 Å². The van der Waals surface area contributed by atoms with Crippen LogP contribution in [0.4, 0.5) is 0 Å². The lowest BCUT2D eigenvalue weighted by molar-refractivity contribution is -0.293. The van der Waals surface area contributed by atoms with E-state index < -0.39 is 184 Å². The van der Waals surface area contributed by atoms with Crippen molar-refractivity contribution in [1.82, 2.24) is 42.5 Å². The van der Waals surface area contributed by atoms with Crippen molar-refractivity contribution >= 4 is 87.2 Å². The summed E-state index contributed by atoms with van der Waals surface area (Å²) in [6, 6.07) is -3.98. The molecule has 0 aliphatic carbocycles. The number of ether oxygens (including phenoxy) is 5. The number of hydrogen-bond acceptors (Lipinski definition) is 24. The van der Waals surface area contributed by atoms with Gasteiger partial charge in [-0.25, -0.2) is 4.79 Å².